The summed E-state index contributed by atoms with van der Waals surface area (Å²) in [7, 11) is 0. The van der Waals surface area contributed by atoms with E-state index in [0.29, 0.717) is 5.92 Å². The van der Waals surface area contributed by atoms with Gasteiger partial charge in [-0.1, -0.05) is 50.1 Å². The maximum absolute atomic E-state index is 12.2. The normalized spacial score (nSPS) is 29.0. The first-order valence-electron chi connectivity index (χ1n) is 7.51. The van der Waals surface area contributed by atoms with E-state index in [2.05, 4.69) is 24.0 Å². The molecule has 4 nitrogen and oxygen atoms in total. The van der Waals surface area contributed by atoms with E-state index in [-0.39, 0.29) is 29.8 Å². The number of fused-ring (bicyclic) bond motifs is 2. The van der Waals surface area contributed by atoms with Crippen LogP contribution in [0.3, 0.4) is 0 Å². The van der Waals surface area contributed by atoms with Crippen molar-refractivity contribution in [1.29, 1.82) is 0 Å². The molecule has 1 N–H and O–H groups in total. The van der Waals surface area contributed by atoms with Gasteiger partial charge in [0.2, 0.25) is 0 Å². The van der Waals surface area contributed by atoms with Crippen LogP contribution in [0.1, 0.15) is 39.0 Å². The molecule has 2 rings (SSSR count). The van der Waals surface area contributed by atoms with E-state index < -0.39 is 0 Å². The zero-order valence-corrected chi connectivity index (χ0v) is 12.8. The molecule has 20 heavy (non-hydrogen) atoms. The Morgan fingerprint density at radius 2 is 2.35 bits per heavy atom. The van der Waals surface area contributed by atoms with Crippen molar-refractivity contribution in [2.24, 2.45) is 11.8 Å². The van der Waals surface area contributed by atoms with E-state index in [4.69, 9.17) is 9.99 Å². The number of thioether (sulfide) groups is 1. The summed E-state index contributed by atoms with van der Waals surface area (Å²) in [5.41, 5.74) is 0. The molecule has 4 atom stereocenters. The molecule has 4 unspecified atom stereocenters. The molecule has 1 fully saturated rings. The predicted octanol–water partition coefficient (Wildman–Crippen LogP) is 3.28. The fourth-order valence-electron chi connectivity index (χ4n) is 2.83. The molecule has 0 aromatic heterocycles. The first-order valence-corrected chi connectivity index (χ1v) is 8.50. The van der Waals surface area contributed by atoms with Gasteiger partial charge >= 0.3 is 0 Å². The summed E-state index contributed by atoms with van der Waals surface area (Å²) in [6.45, 7) is 2.25. The van der Waals surface area contributed by atoms with Crippen LogP contribution in [0.4, 0.5) is 0 Å². The smallest absolute Gasteiger partial charge is 0.194 e. The van der Waals surface area contributed by atoms with Crippen LogP contribution in [0.5, 0.6) is 0 Å². The lowest BCUT2D eigenvalue weighted by Crippen LogP contribution is -2.21. The molecular weight excluding hydrogens is 276 g/mol. The Balaban J connectivity index is 1.72. The van der Waals surface area contributed by atoms with Crippen LogP contribution in [-0.2, 0) is 14.4 Å². The van der Waals surface area contributed by atoms with Crippen molar-refractivity contribution in [2.75, 3.05) is 12.4 Å². The van der Waals surface area contributed by atoms with E-state index in [1.54, 1.807) is 0 Å². The highest BCUT2D eigenvalue weighted by Crippen LogP contribution is 2.36. The largest absolute Gasteiger partial charge is 0.367 e. The van der Waals surface area contributed by atoms with Crippen LogP contribution in [0.25, 0.3) is 0 Å². The maximum atomic E-state index is 12.2. The summed E-state index contributed by atoms with van der Waals surface area (Å²) in [4.78, 5) is 16.4. The molecule has 2 aliphatic heterocycles. The highest BCUT2D eigenvalue weighted by molar-refractivity contribution is 8.13. The van der Waals surface area contributed by atoms with Gasteiger partial charge in [-0.3, -0.25) is 10.1 Å². The Morgan fingerprint density at radius 1 is 1.50 bits per heavy atom. The average Bonchev–Trinajstić information content (AvgIpc) is 3.06. The molecule has 0 amide bonds. The van der Waals surface area contributed by atoms with Gasteiger partial charge in [-0.05, 0) is 12.8 Å². The van der Waals surface area contributed by atoms with Crippen LogP contribution in [0, 0.1) is 11.8 Å². The standard InChI is InChI=1S/C15H24O4S/c1-2-3-4-5-11(9-18-17)15(16)20-10-12-8-13-6-7-14(12)19-13/h6-7,11-14,17H,2-5,8-10H2,1H3. The molecule has 5 heteroatoms. The topological polar surface area (TPSA) is 55.8 Å². The molecule has 0 spiro atoms. The van der Waals surface area contributed by atoms with E-state index in [1.165, 1.54) is 11.8 Å². The summed E-state index contributed by atoms with van der Waals surface area (Å²) in [6.07, 6.45) is 9.77. The Hall–Kier alpha value is -0.360. The Bertz CT molecular complexity index is 345. The SMILES string of the molecule is CCCCCC(COO)C(=O)SCC1CC2C=CC1O2. The third kappa shape index (κ3) is 4.32. The number of rotatable bonds is 9. The third-order valence-electron chi connectivity index (χ3n) is 4.05. The molecule has 0 aromatic carbocycles. The molecule has 114 valence electrons. The van der Waals surface area contributed by atoms with Gasteiger partial charge in [0, 0.05) is 11.7 Å². The van der Waals surface area contributed by atoms with Crippen LogP contribution < -0.4 is 0 Å². The van der Waals surface area contributed by atoms with E-state index in [0.717, 1.165) is 37.9 Å². The van der Waals surface area contributed by atoms with Crippen molar-refractivity contribution in [3.05, 3.63) is 12.2 Å². The Kier molecular flexibility index (Phi) is 6.55. The van der Waals surface area contributed by atoms with Gasteiger partial charge in [-0.15, -0.1) is 0 Å². The second kappa shape index (κ2) is 8.17. The second-order valence-corrected chi connectivity index (χ2v) is 6.66. The molecular formula is C15H24O4S. The third-order valence-corrected chi connectivity index (χ3v) is 5.26. The zero-order valence-electron chi connectivity index (χ0n) is 12.0. The van der Waals surface area contributed by atoms with Crippen molar-refractivity contribution in [3.8, 4) is 0 Å². The van der Waals surface area contributed by atoms with E-state index >= 15 is 0 Å². The number of hydrogen-bond donors (Lipinski definition) is 1. The minimum absolute atomic E-state index is 0.114. The molecule has 2 heterocycles. The average molecular weight is 300 g/mol. The predicted molar refractivity (Wildman–Crippen MR) is 79.6 cm³/mol. The van der Waals surface area contributed by atoms with Crippen molar-refractivity contribution < 1.29 is 19.7 Å². The fourth-order valence-corrected chi connectivity index (χ4v) is 3.96. The fraction of sp³-hybridized carbons (Fsp3) is 0.800. The lowest BCUT2D eigenvalue weighted by Gasteiger charge is -2.17. The second-order valence-electron chi connectivity index (χ2n) is 5.64. The number of unbranched alkanes of at least 4 members (excludes halogenated alkanes) is 2. The number of hydrogen-bond acceptors (Lipinski definition) is 5. The molecule has 1 saturated heterocycles. The van der Waals surface area contributed by atoms with Crippen LogP contribution in [0.2, 0.25) is 0 Å². The summed E-state index contributed by atoms with van der Waals surface area (Å²) >= 11 is 1.38. The Labute approximate surface area is 124 Å². The summed E-state index contributed by atoms with van der Waals surface area (Å²) in [5, 5.41) is 8.76. The Morgan fingerprint density at radius 3 is 2.95 bits per heavy atom. The van der Waals surface area contributed by atoms with Crippen molar-refractivity contribution >= 4 is 16.9 Å². The van der Waals surface area contributed by atoms with E-state index in [9.17, 15) is 4.79 Å². The number of carbonyl (C=O) groups excluding carboxylic acids is 1. The first-order chi connectivity index (χ1) is 9.74. The minimum atomic E-state index is -0.188. The molecule has 2 bridgehead atoms. The zero-order chi connectivity index (χ0) is 14.4. The highest BCUT2D eigenvalue weighted by Gasteiger charge is 2.37. The lowest BCUT2D eigenvalue weighted by atomic mass is 9.96. The van der Waals surface area contributed by atoms with Crippen molar-refractivity contribution in [1.82, 2.24) is 0 Å². The van der Waals surface area contributed by atoms with E-state index in [1.807, 2.05) is 0 Å². The summed E-state index contributed by atoms with van der Waals surface area (Å²) in [5.74, 6) is 1.07. The number of carbonyl (C=O) groups is 1. The van der Waals surface area contributed by atoms with Crippen LogP contribution >= 0.6 is 11.8 Å². The maximum Gasteiger partial charge on any atom is 0.194 e. The molecule has 0 aromatic rings. The lowest BCUT2D eigenvalue weighted by molar-refractivity contribution is -0.249. The quantitative estimate of drug-likeness (QED) is 0.306. The van der Waals surface area contributed by atoms with Gasteiger partial charge < -0.3 is 4.74 Å². The van der Waals surface area contributed by atoms with Gasteiger partial charge in [-0.2, -0.15) is 0 Å². The van der Waals surface area contributed by atoms with Gasteiger partial charge in [0.25, 0.3) is 0 Å². The van der Waals surface area contributed by atoms with Gasteiger partial charge in [-0.25, -0.2) is 4.89 Å². The first kappa shape index (κ1) is 16.0. The summed E-state index contributed by atoms with van der Waals surface area (Å²) < 4.78 is 5.70. The van der Waals surface area contributed by atoms with Gasteiger partial charge in [0.05, 0.1) is 24.7 Å². The van der Waals surface area contributed by atoms with Crippen LogP contribution in [-0.4, -0.2) is 34.9 Å². The summed E-state index contributed by atoms with van der Waals surface area (Å²) in [6, 6.07) is 0. The highest BCUT2D eigenvalue weighted by atomic mass is 32.2. The molecule has 0 radical (unpaired) electrons. The van der Waals surface area contributed by atoms with Crippen molar-refractivity contribution in [2.45, 2.75) is 51.2 Å². The van der Waals surface area contributed by atoms with Gasteiger partial charge in [0.15, 0.2) is 5.12 Å². The molecule has 0 saturated carbocycles. The molecule has 2 aliphatic rings. The molecule has 0 aliphatic carbocycles. The number of ether oxygens (including phenoxy) is 1. The van der Waals surface area contributed by atoms with Gasteiger partial charge in [0.1, 0.15) is 0 Å². The minimum Gasteiger partial charge on any atom is -0.367 e. The van der Waals surface area contributed by atoms with Crippen LogP contribution in [0.15, 0.2) is 12.2 Å². The monoisotopic (exact) mass is 300 g/mol. The van der Waals surface area contributed by atoms with Crippen molar-refractivity contribution in [3.63, 3.8) is 0 Å².